The Morgan fingerprint density at radius 1 is 1.17 bits per heavy atom. The molecule has 0 unspecified atom stereocenters. The Morgan fingerprint density at radius 3 is 2.50 bits per heavy atom. The van der Waals surface area contributed by atoms with E-state index in [0.717, 1.165) is 42.0 Å². The van der Waals surface area contributed by atoms with Gasteiger partial charge in [0.25, 0.3) is 5.69 Å². The number of hydrogen-bond acceptors (Lipinski definition) is 6. The fourth-order valence-corrected chi connectivity index (χ4v) is 3.88. The van der Waals surface area contributed by atoms with Gasteiger partial charge in [0.1, 0.15) is 0 Å². The summed E-state index contributed by atoms with van der Waals surface area (Å²) in [6.07, 6.45) is 1.60. The molecule has 0 bridgehead atoms. The first-order chi connectivity index (χ1) is 11.5. The van der Waals surface area contributed by atoms with E-state index >= 15 is 0 Å². The zero-order valence-electron chi connectivity index (χ0n) is 13.2. The maximum absolute atomic E-state index is 10.8. The maximum Gasteiger partial charge on any atom is 0.269 e. The molecule has 0 spiro atoms. The number of aromatic hydroxyl groups is 2. The molecule has 0 aromatic heterocycles. The number of fused-ring (bicyclic) bond motifs is 1. The van der Waals surface area contributed by atoms with Gasteiger partial charge in [-0.3, -0.25) is 10.1 Å². The third-order valence-corrected chi connectivity index (χ3v) is 5.36. The van der Waals surface area contributed by atoms with Crippen LogP contribution in [-0.4, -0.2) is 40.2 Å². The van der Waals surface area contributed by atoms with E-state index in [0.29, 0.717) is 4.90 Å². The molecular formula is C17H18N2O4S. The minimum Gasteiger partial charge on any atom is -0.504 e. The normalized spacial score (nSPS) is 14.9. The van der Waals surface area contributed by atoms with Gasteiger partial charge in [0, 0.05) is 30.1 Å². The molecule has 0 atom stereocenters. The maximum atomic E-state index is 10.8. The number of nitro groups is 1. The number of phenols is 2. The molecule has 0 saturated carbocycles. The first-order valence-corrected chi connectivity index (χ1v) is 8.45. The van der Waals surface area contributed by atoms with Gasteiger partial charge in [-0.25, -0.2) is 0 Å². The van der Waals surface area contributed by atoms with E-state index in [1.165, 1.54) is 23.9 Å². The van der Waals surface area contributed by atoms with Crippen molar-refractivity contribution in [2.45, 2.75) is 22.6 Å². The van der Waals surface area contributed by atoms with Gasteiger partial charge in [-0.15, -0.1) is 0 Å². The van der Waals surface area contributed by atoms with Crippen LogP contribution in [0.4, 0.5) is 5.69 Å². The summed E-state index contributed by atoms with van der Waals surface area (Å²) in [6, 6.07) is 7.83. The first-order valence-electron chi connectivity index (χ1n) is 7.63. The molecule has 0 aliphatic carbocycles. The quantitative estimate of drug-likeness (QED) is 0.504. The number of nitrogens with zero attached hydrogens (tertiary/aromatic N) is 2. The Labute approximate surface area is 143 Å². The molecule has 6 nitrogen and oxygen atoms in total. The van der Waals surface area contributed by atoms with Crippen molar-refractivity contribution in [2.75, 3.05) is 20.1 Å². The van der Waals surface area contributed by atoms with Crippen LogP contribution in [0.15, 0.2) is 40.1 Å². The summed E-state index contributed by atoms with van der Waals surface area (Å²) >= 11 is 1.32. The van der Waals surface area contributed by atoms with Crippen LogP contribution in [0.2, 0.25) is 0 Å². The van der Waals surface area contributed by atoms with Crippen molar-refractivity contribution in [2.24, 2.45) is 0 Å². The highest BCUT2D eigenvalue weighted by Crippen LogP contribution is 2.44. The molecule has 0 fully saturated rings. The zero-order chi connectivity index (χ0) is 17.3. The molecule has 0 saturated heterocycles. The minimum absolute atomic E-state index is 0.0277. The summed E-state index contributed by atoms with van der Waals surface area (Å²) in [5.41, 5.74) is 2.11. The second-order valence-corrected chi connectivity index (χ2v) is 6.95. The van der Waals surface area contributed by atoms with Crippen LogP contribution in [0.25, 0.3) is 0 Å². The number of rotatable bonds is 3. The second kappa shape index (κ2) is 6.70. The third kappa shape index (κ3) is 3.32. The molecule has 2 aromatic rings. The monoisotopic (exact) mass is 346 g/mol. The number of nitro benzene ring substituents is 1. The van der Waals surface area contributed by atoms with Crippen LogP contribution >= 0.6 is 11.8 Å². The van der Waals surface area contributed by atoms with Crippen LogP contribution in [0.1, 0.15) is 11.1 Å². The third-order valence-electron chi connectivity index (χ3n) is 4.20. The molecule has 1 aliphatic rings. The van der Waals surface area contributed by atoms with E-state index < -0.39 is 4.92 Å². The SMILES string of the molecule is CN1CCc2cc(O)c(O)c(Sc3ccc([N+](=O)[O-])cc3)c2CC1. The predicted molar refractivity (Wildman–Crippen MR) is 91.9 cm³/mol. The topological polar surface area (TPSA) is 86.8 Å². The highest BCUT2D eigenvalue weighted by molar-refractivity contribution is 7.99. The van der Waals surface area contributed by atoms with Crippen LogP contribution in [0.5, 0.6) is 11.5 Å². The second-order valence-electron chi connectivity index (χ2n) is 5.87. The minimum atomic E-state index is -0.442. The summed E-state index contributed by atoms with van der Waals surface area (Å²) in [5, 5.41) is 31.1. The summed E-state index contributed by atoms with van der Waals surface area (Å²) in [6.45, 7) is 1.78. The molecule has 0 radical (unpaired) electrons. The Hall–Kier alpha value is -2.25. The van der Waals surface area contributed by atoms with E-state index in [2.05, 4.69) is 11.9 Å². The van der Waals surface area contributed by atoms with Crippen molar-refractivity contribution >= 4 is 17.4 Å². The average Bonchev–Trinajstić information content (AvgIpc) is 2.74. The van der Waals surface area contributed by atoms with Gasteiger partial charge in [0.05, 0.1) is 9.82 Å². The molecule has 1 aliphatic heterocycles. The first kappa shape index (κ1) is 16.6. The molecule has 1 heterocycles. The van der Waals surface area contributed by atoms with Gasteiger partial charge < -0.3 is 15.1 Å². The van der Waals surface area contributed by atoms with E-state index in [1.807, 2.05) is 0 Å². The molecule has 24 heavy (non-hydrogen) atoms. The number of non-ortho nitro benzene ring substituents is 1. The van der Waals surface area contributed by atoms with Gasteiger partial charge >= 0.3 is 0 Å². The van der Waals surface area contributed by atoms with Gasteiger partial charge in [-0.05, 0) is 49.2 Å². The van der Waals surface area contributed by atoms with Crippen molar-refractivity contribution in [3.05, 3.63) is 51.6 Å². The van der Waals surface area contributed by atoms with Gasteiger partial charge in [-0.2, -0.15) is 0 Å². The van der Waals surface area contributed by atoms with E-state index in [-0.39, 0.29) is 17.2 Å². The molecule has 2 N–H and O–H groups in total. The van der Waals surface area contributed by atoms with E-state index in [9.17, 15) is 20.3 Å². The summed E-state index contributed by atoms with van der Waals surface area (Å²) < 4.78 is 0. The predicted octanol–water partition coefficient (Wildman–Crippen LogP) is 3.19. The molecule has 0 amide bonds. The smallest absolute Gasteiger partial charge is 0.269 e. The number of phenolic OH excluding ortho intramolecular Hbond substituents is 2. The van der Waals surface area contributed by atoms with Crippen molar-refractivity contribution < 1.29 is 15.1 Å². The average molecular weight is 346 g/mol. The van der Waals surface area contributed by atoms with Crippen LogP contribution in [0, 0.1) is 10.1 Å². The largest absolute Gasteiger partial charge is 0.504 e. The van der Waals surface area contributed by atoms with Crippen LogP contribution < -0.4 is 0 Å². The lowest BCUT2D eigenvalue weighted by Gasteiger charge is -2.15. The van der Waals surface area contributed by atoms with Crippen molar-refractivity contribution in [3.63, 3.8) is 0 Å². The summed E-state index contributed by atoms with van der Waals surface area (Å²) in [7, 11) is 2.05. The number of likely N-dealkylation sites (N-methyl/N-ethyl adjacent to an activating group) is 1. The lowest BCUT2D eigenvalue weighted by molar-refractivity contribution is -0.384. The summed E-state index contributed by atoms with van der Waals surface area (Å²) in [4.78, 5) is 13.9. The molecule has 3 rings (SSSR count). The van der Waals surface area contributed by atoms with Gasteiger partial charge in [0.2, 0.25) is 0 Å². The Morgan fingerprint density at radius 2 is 1.83 bits per heavy atom. The van der Waals surface area contributed by atoms with Crippen molar-refractivity contribution in [1.29, 1.82) is 0 Å². The standard InChI is InChI=1S/C17H18N2O4S/c1-18-8-6-11-10-15(20)16(21)17(14(11)7-9-18)24-13-4-2-12(3-5-13)19(22)23/h2-5,10,20-21H,6-9H2,1H3. The Balaban J connectivity index is 1.98. The Kier molecular flexibility index (Phi) is 4.64. The number of hydrogen-bond donors (Lipinski definition) is 2. The fourth-order valence-electron chi connectivity index (χ4n) is 2.81. The van der Waals surface area contributed by atoms with Crippen LogP contribution in [-0.2, 0) is 12.8 Å². The van der Waals surface area contributed by atoms with E-state index in [4.69, 9.17) is 0 Å². The molecule has 7 heteroatoms. The molecule has 126 valence electrons. The van der Waals surface area contributed by atoms with Gasteiger partial charge in [0.15, 0.2) is 11.5 Å². The van der Waals surface area contributed by atoms with Gasteiger partial charge in [-0.1, -0.05) is 11.8 Å². The highest BCUT2D eigenvalue weighted by Gasteiger charge is 2.21. The lowest BCUT2D eigenvalue weighted by atomic mass is 10.0. The highest BCUT2D eigenvalue weighted by atomic mass is 32.2. The van der Waals surface area contributed by atoms with E-state index in [1.54, 1.807) is 18.2 Å². The zero-order valence-corrected chi connectivity index (χ0v) is 14.0. The van der Waals surface area contributed by atoms with Crippen molar-refractivity contribution in [1.82, 2.24) is 4.90 Å². The molecular weight excluding hydrogens is 328 g/mol. The molecule has 2 aromatic carbocycles. The summed E-state index contributed by atoms with van der Waals surface area (Å²) in [5.74, 6) is -0.246. The van der Waals surface area contributed by atoms with Crippen molar-refractivity contribution in [3.8, 4) is 11.5 Å². The Bertz CT molecular complexity index is 777. The number of benzene rings is 2. The van der Waals surface area contributed by atoms with Crippen LogP contribution in [0.3, 0.4) is 0 Å². The fraction of sp³-hybridized carbons (Fsp3) is 0.294. The lowest BCUT2D eigenvalue weighted by Crippen LogP contribution is -2.20.